The Morgan fingerprint density at radius 1 is 0.778 bits per heavy atom. The molecule has 0 heterocycles. The Balaban J connectivity index is 2.06. The first-order valence-corrected chi connectivity index (χ1v) is 7.60. The third-order valence-electron chi connectivity index (χ3n) is 3.86. The topological polar surface area (TPSA) is 32.6 Å². The van der Waals surface area contributed by atoms with E-state index in [4.69, 9.17) is 0 Å². The van der Waals surface area contributed by atoms with Crippen LogP contribution in [-0.2, 0) is 12.4 Å². The lowest BCUT2D eigenvalue weighted by Crippen LogP contribution is -2.10. The molecule has 0 bridgehead atoms. The summed E-state index contributed by atoms with van der Waals surface area (Å²) in [5, 5.41) is 11.5. The molecule has 3 rings (SSSR count). The molecular weight excluding hydrogens is 372 g/mol. The Kier molecular flexibility index (Phi) is 4.59. The number of nitrogens with zero attached hydrogens (tertiary/aromatic N) is 1. The number of rotatable bonds is 2. The number of phenolic OH excluding ortho intramolecular Hbond substituents is 1. The molecule has 2 nitrogen and oxygen atoms in total. The van der Waals surface area contributed by atoms with Crippen molar-refractivity contribution in [2.24, 2.45) is 4.99 Å². The van der Waals surface area contributed by atoms with Crippen molar-refractivity contribution >= 4 is 22.7 Å². The molecule has 0 aliphatic rings. The molecule has 8 heteroatoms. The van der Waals surface area contributed by atoms with Crippen LogP contribution in [-0.4, -0.2) is 11.3 Å². The van der Waals surface area contributed by atoms with E-state index in [1.165, 1.54) is 6.07 Å². The zero-order valence-electron chi connectivity index (χ0n) is 13.4. The van der Waals surface area contributed by atoms with Crippen LogP contribution in [0.3, 0.4) is 0 Å². The summed E-state index contributed by atoms with van der Waals surface area (Å²) < 4.78 is 77.3. The monoisotopic (exact) mass is 383 g/mol. The summed E-state index contributed by atoms with van der Waals surface area (Å²) in [7, 11) is 0. The van der Waals surface area contributed by atoms with Crippen LogP contribution in [0.15, 0.2) is 59.6 Å². The van der Waals surface area contributed by atoms with Gasteiger partial charge in [0.05, 0.1) is 16.8 Å². The van der Waals surface area contributed by atoms with E-state index in [2.05, 4.69) is 4.99 Å². The molecule has 3 aromatic rings. The van der Waals surface area contributed by atoms with Crippen molar-refractivity contribution in [3.05, 3.63) is 71.3 Å². The summed E-state index contributed by atoms with van der Waals surface area (Å²) in [6.07, 6.45) is -8.87. The Morgan fingerprint density at radius 3 is 1.96 bits per heavy atom. The highest BCUT2D eigenvalue weighted by molar-refractivity contribution is 5.97. The lowest BCUT2D eigenvalue weighted by molar-refractivity contribution is -0.143. The minimum absolute atomic E-state index is 0.0342. The largest absolute Gasteiger partial charge is 0.507 e. The zero-order chi connectivity index (χ0) is 19.8. The van der Waals surface area contributed by atoms with Crippen LogP contribution >= 0.6 is 0 Å². The lowest BCUT2D eigenvalue weighted by atomic mass is 10.1. The zero-order valence-corrected chi connectivity index (χ0v) is 13.4. The third kappa shape index (κ3) is 4.05. The van der Waals surface area contributed by atoms with Crippen molar-refractivity contribution < 1.29 is 31.4 Å². The van der Waals surface area contributed by atoms with Gasteiger partial charge in [-0.1, -0.05) is 30.3 Å². The van der Waals surface area contributed by atoms with E-state index < -0.39 is 29.2 Å². The Labute approximate surface area is 149 Å². The number of aliphatic imine (C=N–C) groups is 1. The fraction of sp³-hybridized carbons (Fsp3) is 0.105. The number of hydrogen-bond acceptors (Lipinski definition) is 2. The van der Waals surface area contributed by atoms with Gasteiger partial charge in [0, 0.05) is 17.2 Å². The van der Waals surface area contributed by atoms with Gasteiger partial charge >= 0.3 is 12.4 Å². The molecule has 1 N–H and O–H groups in total. The number of aromatic hydroxyl groups is 1. The Hall–Kier alpha value is -3.03. The quantitative estimate of drug-likeness (QED) is 0.407. The molecule has 27 heavy (non-hydrogen) atoms. The SMILES string of the molecule is Oc1c(C=Nc2cc(C(F)(F)F)cc(C(F)(F)F)c2)ccc2ccccc12. The fourth-order valence-corrected chi connectivity index (χ4v) is 2.53. The maximum Gasteiger partial charge on any atom is 0.416 e. The van der Waals surface area contributed by atoms with E-state index in [1.54, 1.807) is 30.3 Å². The van der Waals surface area contributed by atoms with Gasteiger partial charge in [-0.25, -0.2) is 0 Å². The van der Waals surface area contributed by atoms with Gasteiger partial charge in [-0.05, 0) is 29.7 Å². The van der Waals surface area contributed by atoms with E-state index in [9.17, 15) is 31.4 Å². The highest BCUT2D eigenvalue weighted by atomic mass is 19.4. The van der Waals surface area contributed by atoms with Gasteiger partial charge in [0.2, 0.25) is 0 Å². The molecule has 0 atom stereocenters. The predicted molar refractivity (Wildman–Crippen MR) is 89.3 cm³/mol. The van der Waals surface area contributed by atoms with Crippen LogP contribution in [0.2, 0.25) is 0 Å². The molecule has 0 spiro atoms. The van der Waals surface area contributed by atoms with E-state index in [0.29, 0.717) is 17.5 Å². The molecule has 0 amide bonds. The standard InChI is InChI=1S/C19H11F6NO/c20-18(21,22)13-7-14(19(23,24)25)9-15(8-13)26-10-12-6-5-11-3-1-2-4-16(11)17(12)27/h1-10,27H. The van der Waals surface area contributed by atoms with Crippen LogP contribution in [0.1, 0.15) is 16.7 Å². The first-order chi connectivity index (χ1) is 12.6. The molecule has 0 aromatic heterocycles. The minimum Gasteiger partial charge on any atom is -0.507 e. The summed E-state index contributed by atoms with van der Waals surface area (Å²) in [5.74, 6) is -0.167. The fourth-order valence-electron chi connectivity index (χ4n) is 2.53. The second-order valence-electron chi connectivity index (χ2n) is 5.75. The summed E-state index contributed by atoms with van der Waals surface area (Å²) >= 11 is 0. The first kappa shape index (κ1) is 18.8. The number of hydrogen-bond donors (Lipinski definition) is 1. The van der Waals surface area contributed by atoms with Crippen molar-refractivity contribution in [2.45, 2.75) is 12.4 Å². The van der Waals surface area contributed by atoms with Gasteiger partial charge in [0.25, 0.3) is 0 Å². The van der Waals surface area contributed by atoms with Gasteiger partial charge < -0.3 is 5.11 Å². The normalized spacial score (nSPS) is 12.8. The molecule has 0 saturated carbocycles. The van der Waals surface area contributed by atoms with Gasteiger partial charge in [-0.2, -0.15) is 26.3 Å². The van der Waals surface area contributed by atoms with Gasteiger partial charge in [0.1, 0.15) is 5.75 Å². The molecular formula is C19H11F6NO. The Morgan fingerprint density at radius 2 is 1.37 bits per heavy atom. The van der Waals surface area contributed by atoms with Crippen LogP contribution in [0, 0.1) is 0 Å². The van der Waals surface area contributed by atoms with Crippen molar-refractivity contribution in [1.29, 1.82) is 0 Å². The van der Waals surface area contributed by atoms with Crippen LogP contribution < -0.4 is 0 Å². The highest BCUT2D eigenvalue weighted by Crippen LogP contribution is 2.38. The van der Waals surface area contributed by atoms with Crippen molar-refractivity contribution in [1.82, 2.24) is 0 Å². The van der Waals surface area contributed by atoms with Crippen molar-refractivity contribution in [2.75, 3.05) is 0 Å². The molecule has 0 aliphatic heterocycles. The maximum absolute atomic E-state index is 12.9. The van der Waals surface area contributed by atoms with Crippen molar-refractivity contribution in [3.63, 3.8) is 0 Å². The average Bonchev–Trinajstić information content (AvgIpc) is 2.60. The third-order valence-corrected chi connectivity index (χ3v) is 3.86. The second-order valence-corrected chi connectivity index (χ2v) is 5.75. The van der Waals surface area contributed by atoms with E-state index >= 15 is 0 Å². The summed E-state index contributed by atoms with van der Waals surface area (Å²) in [4.78, 5) is 3.71. The maximum atomic E-state index is 12.9. The number of halogens is 6. The van der Waals surface area contributed by atoms with Crippen LogP contribution in [0.25, 0.3) is 10.8 Å². The molecule has 3 aromatic carbocycles. The van der Waals surface area contributed by atoms with Crippen LogP contribution in [0.4, 0.5) is 32.0 Å². The van der Waals surface area contributed by atoms with Gasteiger partial charge in [-0.15, -0.1) is 0 Å². The molecule has 0 aliphatic carbocycles. The first-order valence-electron chi connectivity index (χ1n) is 7.60. The molecule has 0 fully saturated rings. The van der Waals surface area contributed by atoms with Crippen LogP contribution in [0.5, 0.6) is 5.75 Å². The van der Waals surface area contributed by atoms with E-state index in [0.717, 1.165) is 11.6 Å². The van der Waals surface area contributed by atoms with Gasteiger partial charge in [-0.3, -0.25) is 4.99 Å². The summed E-state index contributed by atoms with van der Waals surface area (Å²) in [6, 6.07) is 11.0. The van der Waals surface area contributed by atoms with E-state index in [-0.39, 0.29) is 17.4 Å². The predicted octanol–water partition coefficient (Wildman–Crippen LogP) is 6.33. The number of alkyl halides is 6. The molecule has 0 unspecified atom stereocenters. The number of fused-ring (bicyclic) bond motifs is 1. The summed E-state index contributed by atoms with van der Waals surface area (Å²) in [5.41, 5.74) is -3.26. The lowest BCUT2D eigenvalue weighted by Gasteiger charge is -2.12. The average molecular weight is 383 g/mol. The number of phenols is 1. The molecule has 140 valence electrons. The highest BCUT2D eigenvalue weighted by Gasteiger charge is 2.36. The Bertz CT molecular complexity index is 989. The second kappa shape index (κ2) is 6.61. The minimum atomic E-state index is -4.95. The van der Waals surface area contributed by atoms with Crippen molar-refractivity contribution in [3.8, 4) is 5.75 Å². The molecule has 0 radical (unpaired) electrons. The van der Waals surface area contributed by atoms with E-state index in [1.807, 2.05) is 0 Å². The summed E-state index contributed by atoms with van der Waals surface area (Å²) in [6.45, 7) is 0. The molecule has 0 saturated heterocycles. The van der Waals surface area contributed by atoms with Gasteiger partial charge in [0.15, 0.2) is 0 Å². The smallest absolute Gasteiger partial charge is 0.416 e. The number of benzene rings is 3.